The minimum absolute atomic E-state index is 0.0132. The molecule has 5 atom stereocenters. The minimum Gasteiger partial charge on any atom is -0.463 e. The Kier molecular flexibility index (Phi) is 10.4. The van der Waals surface area contributed by atoms with Gasteiger partial charge in [0, 0.05) is 61.0 Å². The lowest BCUT2D eigenvalue weighted by atomic mass is 9.74. The first-order valence-electron chi connectivity index (χ1n) is 20.5. The number of piperidine rings is 1. The number of ether oxygens (including phenoxy) is 2. The number of benzene rings is 2. The van der Waals surface area contributed by atoms with Crippen LogP contribution in [-0.2, 0) is 17.8 Å². The highest BCUT2D eigenvalue weighted by Crippen LogP contribution is 2.50. The number of carbonyl (C=O) groups is 1. The fraction of sp³-hybridized carbons (Fsp3) is 0.512. The van der Waals surface area contributed by atoms with Gasteiger partial charge >= 0.3 is 6.01 Å². The average Bonchev–Trinajstić information content (AvgIpc) is 3.88. The summed E-state index contributed by atoms with van der Waals surface area (Å²) in [5, 5.41) is 15.4. The van der Waals surface area contributed by atoms with E-state index in [9.17, 15) is 10.1 Å². The Balaban J connectivity index is 1.14. The fourth-order valence-electron chi connectivity index (χ4n) is 10.4. The lowest BCUT2D eigenvalue weighted by Crippen LogP contribution is -2.57. The van der Waals surface area contributed by atoms with Crippen molar-refractivity contribution in [2.24, 2.45) is 5.41 Å². The van der Waals surface area contributed by atoms with E-state index in [1.807, 2.05) is 9.58 Å². The maximum atomic E-state index is 17.5. The molecule has 9 rings (SSSR count). The summed E-state index contributed by atoms with van der Waals surface area (Å²) in [7, 11) is 3.38. The van der Waals surface area contributed by atoms with Crippen LogP contribution >= 0.6 is 22.9 Å². The largest absolute Gasteiger partial charge is 0.463 e. The number of aromatic nitrogens is 4. The summed E-state index contributed by atoms with van der Waals surface area (Å²) in [6.45, 7) is 7.23. The first-order chi connectivity index (χ1) is 28.4. The Labute approximate surface area is 350 Å². The number of hydrogen-bond donors (Lipinski definition) is 1. The molecule has 310 valence electrons. The van der Waals surface area contributed by atoms with Crippen molar-refractivity contribution < 1.29 is 23.0 Å². The first kappa shape index (κ1) is 39.8. The molecule has 3 fully saturated rings. The topological polar surface area (TPSA) is 139 Å². The van der Waals surface area contributed by atoms with Crippen LogP contribution in [0.2, 0.25) is 5.02 Å². The molecule has 16 heteroatoms. The van der Waals surface area contributed by atoms with E-state index in [0.717, 1.165) is 68.5 Å². The number of amides is 1. The lowest BCUT2D eigenvalue weighted by Gasteiger charge is -2.51. The second kappa shape index (κ2) is 15.4. The maximum absolute atomic E-state index is 17.5. The van der Waals surface area contributed by atoms with Gasteiger partial charge in [0.2, 0.25) is 0 Å². The zero-order valence-electron chi connectivity index (χ0n) is 33.7. The van der Waals surface area contributed by atoms with Crippen molar-refractivity contribution in [2.75, 3.05) is 44.4 Å². The number of aryl methyl sites for hydroxylation is 1. The molecule has 59 heavy (non-hydrogen) atoms. The van der Waals surface area contributed by atoms with Crippen molar-refractivity contribution in [1.29, 1.82) is 5.26 Å². The number of halogens is 3. The molecule has 3 aromatic heterocycles. The number of anilines is 2. The number of thiophene rings is 1. The molecule has 1 amide bonds. The van der Waals surface area contributed by atoms with Gasteiger partial charge in [-0.15, -0.1) is 11.3 Å². The SMILES string of the molecule is C[C@@H]1CC(N2CCC[C@@]3(COc4nc(N5CCCn6nc(C(=O)N(C)C)cc6C5)c5cc(Cl)c(-c6ccc(F)c7sc(N)c(C#N)c67)c(F)c5n4)CCC[C@@H]23)C[C@H](C)O1. The summed E-state index contributed by atoms with van der Waals surface area (Å²) in [5.41, 5.74) is 7.48. The van der Waals surface area contributed by atoms with Crippen LogP contribution in [0.4, 0.5) is 19.6 Å². The number of hydrogen-bond acceptors (Lipinski definition) is 11. The molecule has 1 unspecified atom stereocenters. The zero-order valence-corrected chi connectivity index (χ0v) is 35.3. The number of nitrogens with zero attached hydrogens (tertiary/aromatic N) is 8. The Morgan fingerprint density at radius 2 is 1.90 bits per heavy atom. The van der Waals surface area contributed by atoms with Crippen LogP contribution in [0.25, 0.3) is 32.1 Å². The van der Waals surface area contributed by atoms with Gasteiger partial charge in [0.25, 0.3) is 5.91 Å². The van der Waals surface area contributed by atoms with Gasteiger partial charge in [0.05, 0.1) is 46.3 Å². The van der Waals surface area contributed by atoms with Crippen LogP contribution in [-0.4, -0.2) is 93.5 Å². The van der Waals surface area contributed by atoms with Crippen molar-refractivity contribution in [3.05, 3.63) is 57.9 Å². The molecule has 4 aliphatic rings. The number of nitrogens with two attached hydrogens (primary N) is 1. The Morgan fingerprint density at radius 1 is 1.12 bits per heavy atom. The van der Waals surface area contributed by atoms with Gasteiger partial charge in [-0.1, -0.05) is 24.1 Å². The highest BCUT2D eigenvalue weighted by Gasteiger charge is 2.51. The van der Waals surface area contributed by atoms with Crippen LogP contribution in [0, 0.1) is 28.4 Å². The first-order valence-corrected chi connectivity index (χ1v) is 21.7. The predicted molar refractivity (Wildman–Crippen MR) is 225 cm³/mol. The molecule has 2 N–H and O–H groups in total. The Morgan fingerprint density at radius 3 is 2.66 bits per heavy atom. The van der Waals surface area contributed by atoms with E-state index in [1.165, 1.54) is 17.0 Å². The summed E-state index contributed by atoms with van der Waals surface area (Å²) in [4.78, 5) is 29.0. The van der Waals surface area contributed by atoms with Gasteiger partial charge in [0.1, 0.15) is 28.2 Å². The van der Waals surface area contributed by atoms with Crippen LogP contribution in [0.5, 0.6) is 6.01 Å². The summed E-state index contributed by atoms with van der Waals surface area (Å²) in [6.07, 6.45) is 8.40. The van der Waals surface area contributed by atoms with Gasteiger partial charge in [-0.25, -0.2) is 8.78 Å². The third-order valence-electron chi connectivity index (χ3n) is 13.0. The van der Waals surface area contributed by atoms with E-state index in [4.69, 9.17) is 36.8 Å². The average molecular weight is 844 g/mol. The molecule has 0 spiro atoms. The van der Waals surface area contributed by atoms with Gasteiger partial charge in [0.15, 0.2) is 11.5 Å². The van der Waals surface area contributed by atoms with Gasteiger partial charge < -0.3 is 25.0 Å². The lowest BCUT2D eigenvalue weighted by molar-refractivity contribution is -0.0967. The number of likely N-dealkylation sites (tertiary alicyclic amines) is 1. The number of fused-ring (bicyclic) bond motifs is 4. The van der Waals surface area contributed by atoms with E-state index >= 15 is 8.78 Å². The third-order valence-corrected chi connectivity index (χ3v) is 14.3. The molecule has 3 aliphatic heterocycles. The number of carbonyl (C=O) groups excluding carboxylic acids is 1. The van der Waals surface area contributed by atoms with Crippen LogP contribution in [0.1, 0.15) is 87.0 Å². The second-order valence-corrected chi connectivity index (χ2v) is 18.5. The molecular formula is C43H48ClF2N9O3S. The monoisotopic (exact) mass is 843 g/mol. The molecule has 1 saturated carbocycles. The standard InChI is InChI=1S/C43H48ClF2N9O3S/c1-23-16-25(17-24(2)58-23)54-14-6-12-43(11-5-8-33(43)54)22-57-42-49-37-28(40(50-42)53-13-7-15-55-26(21-53)18-32(51-55)41(56)52(3)4)19-30(44)35(36(37)46)27-9-10-31(45)38-34(27)29(20-47)39(48)59-38/h9-10,18-19,23-25,33H,5-8,11-17,21-22,48H2,1-4H3/t23-,24+,25?,33-,43-/m1/s1. The van der Waals surface area contributed by atoms with E-state index < -0.39 is 11.6 Å². The third kappa shape index (κ3) is 6.95. The van der Waals surface area contributed by atoms with E-state index in [1.54, 1.807) is 26.2 Å². The smallest absolute Gasteiger partial charge is 0.319 e. The molecule has 0 radical (unpaired) electrons. The minimum atomic E-state index is -0.746. The zero-order chi connectivity index (χ0) is 41.3. The van der Waals surface area contributed by atoms with Gasteiger partial charge in [-0.2, -0.15) is 20.3 Å². The highest BCUT2D eigenvalue weighted by molar-refractivity contribution is 7.23. The molecule has 0 bridgehead atoms. The molecule has 2 aromatic carbocycles. The van der Waals surface area contributed by atoms with Crippen LogP contribution < -0.4 is 15.4 Å². The summed E-state index contributed by atoms with van der Waals surface area (Å²) in [6, 6.07) is 9.00. The normalized spacial score (nSPS) is 24.8. The van der Waals surface area contributed by atoms with Crippen molar-refractivity contribution in [3.8, 4) is 23.2 Å². The van der Waals surface area contributed by atoms with Crippen molar-refractivity contribution >= 4 is 60.7 Å². The predicted octanol–water partition coefficient (Wildman–Crippen LogP) is 8.18. The maximum Gasteiger partial charge on any atom is 0.319 e. The van der Waals surface area contributed by atoms with E-state index in [0.29, 0.717) is 61.6 Å². The Bertz CT molecular complexity index is 2510. The molecule has 2 saturated heterocycles. The molecule has 6 heterocycles. The molecular weight excluding hydrogens is 796 g/mol. The summed E-state index contributed by atoms with van der Waals surface area (Å²) in [5.74, 6) is -1.08. The van der Waals surface area contributed by atoms with Gasteiger partial charge in [-0.05, 0) is 89.1 Å². The summed E-state index contributed by atoms with van der Waals surface area (Å²) < 4.78 is 47.5. The Hall–Kier alpha value is -4.62. The molecule has 1 aliphatic carbocycles. The van der Waals surface area contributed by atoms with Crippen molar-refractivity contribution in [3.63, 3.8) is 0 Å². The molecule has 5 aromatic rings. The highest BCUT2D eigenvalue weighted by atomic mass is 35.5. The molecule has 12 nitrogen and oxygen atoms in total. The van der Waals surface area contributed by atoms with Crippen molar-refractivity contribution in [1.82, 2.24) is 29.5 Å². The van der Waals surface area contributed by atoms with Crippen LogP contribution in [0.3, 0.4) is 0 Å². The van der Waals surface area contributed by atoms with E-state index in [2.05, 4.69) is 29.9 Å². The second-order valence-electron chi connectivity index (χ2n) is 17.0. The van der Waals surface area contributed by atoms with E-state index in [-0.39, 0.29) is 71.9 Å². The van der Waals surface area contributed by atoms with Crippen molar-refractivity contribution in [2.45, 2.75) is 103 Å². The number of rotatable bonds is 7. The fourth-order valence-corrected chi connectivity index (χ4v) is 11.7. The van der Waals surface area contributed by atoms with Gasteiger partial charge in [-0.3, -0.25) is 14.4 Å². The number of nitrogen functional groups attached to an aromatic ring is 1. The van der Waals surface area contributed by atoms with Crippen LogP contribution in [0.15, 0.2) is 24.3 Å². The quantitative estimate of drug-likeness (QED) is 0.171. The summed E-state index contributed by atoms with van der Waals surface area (Å²) >= 11 is 7.95. The number of nitriles is 1.